The van der Waals surface area contributed by atoms with E-state index in [1.807, 2.05) is 74.5 Å². The second kappa shape index (κ2) is 12.0. The molecule has 1 heterocycles. The molecular weight excluding hydrogens is 594 g/mol. The second-order valence-corrected chi connectivity index (χ2v) is 14.5. The summed E-state index contributed by atoms with van der Waals surface area (Å²) < 4.78 is 77.2. The molecular formula is C33H33F2O6S2+. The summed E-state index contributed by atoms with van der Waals surface area (Å²) in [4.78, 5) is 2.97. The highest BCUT2D eigenvalue weighted by atomic mass is 32.2. The summed E-state index contributed by atoms with van der Waals surface area (Å²) in [6.45, 7) is 5.70. The Morgan fingerprint density at radius 3 is 1.77 bits per heavy atom. The number of benzene rings is 4. The minimum Gasteiger partial charge on any atom is -0.483 e. The van der Waals surface area contributed by atoms with E-state index in [-0.39, 0.29) is 5.75 Å². The van der Waals surface area contributed by atoms with Crippen molar-refractivity contribution >= 4 is 21.0 Å². The molecule has 10 heteroatoms. The Bertz CT molecular complexity index is 1620. The van der Waals surface area contributed by atoms with Crippen LogP contribution in [0.2, 0.25) is 0 Å². The van der Waals surface area contributed by atoms with Crippen LogP contribution >= 0.6 is 0 Å². The van der Waals surface area contributed by atoms with Crippen LogP contribution in [0.25, 0.3) is 0 Å². The molecule has 0 saturated carbocycles. The molecule has 0 radical (unpaired) electrons. The van der Waals surface area contributed by atoms with Crippen LogP contribution in [0.3, 0.4) is 0 Å². The molecule has 1 fully saturated rings. The van der Waals surface area contributed by atoms with Gasteiger partial charge in [0.15, 0.2) is 20.8 Å². The van der Waals surface area contributed by atoms with Crippen LogP contribution in [-0.4, -0.2) is 43.1 Å². The maximum atomic E-state index is 14.0. The SMILES string of the molecule is CC(Oc1ccc([S+](c2ccccc2)c2ccc(C3(c4ccccc4)COC(C)(C)CO3)cc2)cc1)C(F)(F)S(=O)(=O)O. The third-order valence-electron chi connectivity index (χ3n) is 7.30. The van der Waals surface area contributed by atoms with E-state index in [0.717, 1.165) is 32.7 Å². The van der Waals surface area contributed by atoms with Crippen molar-refractivity contribution in [3.05, 3.63) is 120 Å². The van der Waals surface area contributed by atoms with Crippen molar-refractivity contribution in [1.29, 1.82) is 0 Å². The second-order valence-electron chi connectivity index (χ2n) is 10.9. The van der Waals surface area contributed by atoms with Gasteiger partial charge >= 0.3 is 15.4 Å². The minimum atomic E-state index is -5.63. The van der Waals surface area contributed by atoms with Gasteiger partial charge in [-0.2, -0.15) is 17.2 Å². The summed E-state index contributed by atoms with van der Waals surface area (Å²) in [5, 5.41) is -4.46. The zero-order valence-electron chi connectivity index (χ0n) is 23.9. The smallest absolute Gasteiger partial charge is 0.405 e. The van der Waals surface area contributed by atoms with Crippen LogP contribution in [0.15, 0.2) is 124 Å². The fourth-order valence-corrected chi connectivity index (χ4v) is 7.38. The highest BCUT2D eigenvalue weighted by Crippen LogP contribution is 2.41. The van der Waals surface area contributed by atoms with Gasteiger partial charge in [0, 0.05) is 0 Å². The standard InChI is InChI=1S/C33H32F2O6S2/c1-24(33(34,35)43(36,37)38)41-27-16-20-30(21-17-27)42(28-12-8-5-9-13-28)29-18-14-26(15-19-29)32(25-10-6-4-7-11-25)23-39-31(2,3)22-40-32/h4-21,24H,22-23H2,1-3H3/p+1. The van der Waals surface area contributed by atoms with Crippen molar-refractivity contribution in [2.24, 2.45) is 0 Å². The van der Waals surface area contributed by atoms with Gasteiger partial charge < -0.3 is 14.2 Å². The largest absolute Gasteiger partial charge is 0.483 e. The van der Waals surface area contributed by atoms with Crippen LogP contribution in [0.5, 0.6) is 5.75 Å². The Morgan fingerprint density at radius 1 is 0.767 bits per heavy atom. The van der Waals surface area contributed by atoms with Crippen molar-refractivity contribution in [1.82, 2.24) is 0 Å². The normalized spacial score (nSPS) is 20.2. The number of alkyl halides is 2. The van der Waals surface area contributed by atoms with Crippen molar-refractivity contribution in [3.63, 3.8) is 0 Å². The predicted octanol–water partition coefficient (Wildman–Crippen LogP) is 7.10. The summed E-state index contributed by atoms with van der Waals surface area (Å²) >= 11 is 0. The van der Waals surface area contributed by atoms with Gasteiger partial charge in [0.2, 0.25) is 0 Å². The van der Waals surface area contributed by atoms with E-state index in [1.54, 1.807) is 12.1 Å². The Balaban J connectivity index is 1.47. The van der Waals surface area contributed by atoms with Crippen molar-refractivity contribution < 1.29 is 36.0 Å². The molecule has 1 aliphatic rings. The van der Waals surface area contributed by atoms with E-state index >= 15 is 0 Å². The number of hydrogen-bond donors (Lipinski definition) is 1. The maximum absolute atomic E-state index is 14.0. The monoisotopic (exact) mass is 627 g/mol. The predicted molar refractivity (Wildman–Crippen MR) is 161 cm³/mol. The van der Waals surface area contributed by atoms with E-state index in [0.29, 0.717) is 13.2 Å². The lowest BCUT2D eigenvalue weighted by Gasteiger charge is -2.44. The summed E-state index contributed by atoms with van der Waals surface area (Å²) in [6, 6.07) is 34.8. The highest BCUT2D eigenvalue weighted by Gasteiger charge is 2.51. The number of hydrogen-bond acceptors (Lipinski definition) is 5. The van der Waals surface area contributed by atoms with E-state index in [9.17, 15) is 17.2 Å². The first-order chi connectivity index (χ1) is 20.3. The Hall–Kier alpha value is -3.28. The Morgan fingerprint density at radius 2 is 1.26 bits per heavy atom. The molecule has 226 valence electrons. The van der Waals surface area contributed by atoms with E-state index in [4.69, 9.17) is 18.8 Å². The lowest BCUT2D eigenvalue weighted by molar-refractivity contribution is -0.212. The number of ether oxygens (including phenoxy) is 3. The Labute approximate surface area is 253 Å². The maximum Gasteiger partial charge on any atom is 0.405 e. The van der Waals surface area contributed by atoms with Gasteiger partial charge in [-0.1, -0.05) is 60.7 Å². The molecule has 4 aromatic rings. The molecule has 4 aromatic carbocycles. The lowest BCUT2D eigenvalue weighted by atomic mass is 9.85. The van der Waals surface area contributed by atoms with Crippen molar-refractivity contribution in [3.8, 4) is 5.75 Å². The van der Waals surface area contributed by atoms with Gasteiger partial charge in [0.05, 0.1) is 29.7 Å². The van der Waals surface area contributed by atoms with Crippen LogP contribution in [0.4, 0.5) is 8.78 Å². The molecule has 0 bridgehead atoms. The molecule has 1 saturated heterocycles. The molecule has 1 N–H and O–H groups in total. The Kier molecular flexibility index (Phi) is 8.70. The quantitative estimate of drug-likeness (QED) is 0.158. The first-order valence-electron chi connectivity index (χ1n) is 13.7. The van der Waals surface area contributed by atoms with E-state index in [1.165, 1.54) is 12.1 Å². The van der Waals surface area contributed by atoms with Crippen LogP contribution in [0, 0.1) is 0 Å². The minimum absolute atomic E-state index is 0.0497. The first-order valence-corrected chi connectivity index (χ1v) is 16.3. The molecule has 0 aliphatic carbocycles. The third kappa shape index (κ3) is 6.49. The summed E-state index contributed by atoms with van der Waals surface area (Å²) in [5.74, 6) is 0.0497. The number of rotatable bonds is 9. The van der Waals surface area contributed by atoms with Crippen LogP contribution < -0.4 is 4.74 Å². The zero-order chi connectivity index (χ0) is 30.9. The molecule has 6 nitrogen and oxygen atoms in total. The molecule has 0 amide bonds. The summed E-state index contributed by atoms with van der Waals surface area (Å²) in [5.41, 5.74) is 0.811. The molecule has 43 heavy (non-hydrogen) atoms. The first kappa shape index (κ1) is 31.2. The molecule has 3 unspecified atom stereocenters. The molecule has 1 aliphatic heterocycles. The topological polar surface area (TPSA) is 82.1 Å². The lowest BCUT2D eigenvalue weighted by Crippen LogP contribution is -2.49. The van der Waals surface area contributed by atoms with Crippen LogP contribution in [0.1, 0.15) is 31.9 Å². The average molecular weight is 628 g/mol. The summed E-state index contributed by atoms with van der Waals surface area (Å²) in [7, 11) is -6.19. The van der Waals surface area contributed by atoms with E-state index in [2.05, 4.69) is 24.3 Å². The van der Waals surface area contributed by atoms with Gasteiger partial charge in [0.25, 0.3) is 0 Å². The summed E-state index contributed by atoms with van der Waals surface area (Å²) in [6.07, 6.45) is -2.10. The molecule has 0 spiro atoms. The molecule has 5 rings (SSSR count). The highest BCUT2D eigenvalue weighted by molar-refractivity contribution is 7.97. The third-order valence-corrected chi connectivity index (χ3v) is 10.5. The molecule has 3 atom stereocenters. The fraction of sp³-hybridized carbons (Fsp3) is 0.273. The van der Waals surface area contributed by atoms with E-state index < -0.39 is 43.6 Å². The van der Waals surface area contributed by atoms with Crippen molar-refractivity contribution in [2.45, 2.75) is 58.0 Å². The van der Waals surface area contributed by atoms with Crippen molar-refractivity contribution in [2.75, 3.05) is 13.2 Å². The average Bonchev–Trinajstić information content (AvgIpc) is 2.99. The van der Waals surface area contributed by atoms with Gasteiger partial charge in [-0.25, -0.2) is 0 Å². The van der Waals surface area contributed by atoms with Gasteiger partial charge in [-0.05, 0) is 80.4 Å². The van der Waals surface area contributed by atoms with Crippen LogP contribution in [-0.2, 0) is 36.1 Å². The number of halogens is 2. The van der Waals surface area contributed by atoms with Gasteiger partial charge in [-0.15, -0.1) is 0 Å². The fourth-order valence-electron chi connectivity index (χ4n) is 4.85. The van der Waals surface area contributed by atoms with Gasteiger partial charge in [0.1, 0.15) is 11.4 Å². The van der Waals surface area contributed by atoms with Gasteiger partial charge in [-0.3, -0.25) is 4.55 Å². The molecule has 0 aromatic heterocycles. The zero-order valence-corrected chi connectivity index (χ0v) is 25.6.